The Morgan fingerprint density at radius 2 is 2.00 bits per heavy atom. The highest BCUT2D eigenvalue weighted by Crippen LogP contribution is 2.11. The number of nitrogens with zero attached hydrogens (tertiary/aromatic N) is 2. The molecule has 0 aromatic heterocycles. The van der Waals surface area contributed by atoms with Crippen molar-refractivity contribution in [3.8, 4) is 0 Å². The van der Waals surface area contributed by atoms with E-state index in [0.717, 1.165) is 32.7 Å². The Hall–Kier alpha value is -1.13. The Morgan fingerprint density at radius 1 is 1.17 bits per heavy atom. The van der Waals surface area contributed by atoms with Gasteiger partial charge in [0.15, 0.2) is 0 Å². The molecule has 0 atom stereocenters. The molecule has 0 amide bonds. The van der Waals surface area contributed by atoms with Gasteiger partial charge in [0.1, 0.15) is 5.82 Å². The van der Waals surface area contributed by atoms with Crippen LogP contribution in [0.15, 0.2) is 24.3 Å². The lowest BCUT2D eigenvalue weighted by Crippen LogP contribution is -2.32. The van der Waals surface area contributed by atoms with E-state index in [4.69, 9.17) is 0 Å². The van der Waals surface area contributed by atoms with E-state index in [1.807, 2.05) is 6.07 Å². The molecule has 1 aliphatic rings. The molecule has 0 saturated carbocycles. The summed E-state index contributed by atoms with van der Waals surface area (Å²) in [6.07, 6.45) is 1.22. The predicted octanol–water partition coefficient (Wildman–Crippen LogP) is 1.88. The highest BCUT2D eigenvalue weighted by Gasteiger charge is 2.11. The summed E-state index contributed by atoms with van der Waals surface area (Å²) in [4.78, 5) is 4.81. The van der Waals surface area contributed by atoms with Crippen molar-refractivity contribution in [3.63, 3.8) is 0 Å². The number of halogens is 1. The van der Waals surface area contributed by atoms with Crippen LogP contribution in [0.25, 0.3) is 0 Å². The molecule has 0 spiro atoms. The van der Waals surface area contributed by atoms with Crippen LogP contribution in [0, 0.1) is 5.82 Å². The zero-order valence-corrected chi connectivity index (χ0v) is 11.0. The predicted molar refractivity (Wildman–Crippen MR) is 73.4 cm³/mol. The topological polar surface area (TPSA) is 18.5 Å². The van der Waals surface area contributed by atoms with Crippen molar-refractivity contribution in [2.45, 2.75) is 6.42 Å². The number of para-hydroxylation sites is 1. The van der Waals surface area contributed by atoms with Gasteiger partial charge in [0, 0.05) is 26.2 Å². The van der Waals surface area contributed by atoms with Crippen LogP contribution in [0.4, 0.5) is 10.1 Å². The molecule has 0 aliphatic carbocycles. The van der Waals surface area contributed by atoms with Crippen molar-refractivity contribution in [2.24, 2.45) is 0 Å². The third kappa shape index (κ3) is 3.96. The van der Waals surface area contributed by atoms with Crippen LogP contribution in [0.1, 0.15) is 6.42 Å². The minimum atomic E-state index is -0.173. The van der Waals surface area contributed by atoms with Gasteiger partial charge in [-0.25, -0.2) is 4.39 Å². The standard InChI is InChI=1S/C14H22FN3/c1-17-8-4-9-18(12-11-17)10-7-16-14-6-3-2-5-13(14)15/h2-3,5-6,16H,4,7-12H2,1H3. The lowest BCUT2D eigenvalue weighted by molar-refractivity contribution is 0.285. The van der Waals surface area contributed by atoms with E-state index in [-0.39, 0.29) is 5.82 Å². The summed E-state index contributed by atoms with van der Waals surface area (Å²) < 4.78 is 13.4. The fourth-order valence-corrected chi connectivity index (χ4v) is 2.28. The van der Waals surface area contributed by atoms with Gasteiger partial charge in [-0.15, -0.1) is 0 Å². The molecule has 1 fully saturated rings. The second-order valence-electron chi connectivity index (χ2n) is 4.91. The maximum atomic E-state index is 13.4. The zero-order chi connectivity index (χ0) is 12.8. The number of benzene rings is 1. The van der Waals surface area contributed by atoms with E-state index < -0.39 is 0 Å². The first-order valence-electron chi connectivity index (χ1n) is 6.65. The minimum absolute atomic E-state index is 0.173. The third-order valence-corrected chi connectivity index (χ3v) is 3.43. The highest BCUT2D eigenvalue weighted by molar-refractivity contribution is 5.44. The number of anilines is 1. The first-order valence-corrected chi connectivity index (χ1v) is 6.65. The van der Waals surface area contributed by atoms with Gasteiger partial charge in [-0.3, -0.25) is 0 Å². The van der Waals surface area contributed by atoms with Crippen LogP contribution in [0.5, 0.6) is 0 Å². The molecule has 1 aromatic rings. The summed E-state index contributed by atoms with van der Waals surface area (Å²) >= 11 is 0. The summed E-state index contributed by atoms with van der Waals surface area (Å²) in [6, 6.07) is 6.84. The maximum absolute atomic E-state index is 13.4. The maximum Gasteiger partial charge on any atom is 0.146 e. The molecule has 18 heavy (non-hydrogen) atoms. The number of rotatable bonds is 4. The van der Waals surface area contributed by atoms with E-state index in [9.17, 15) is 4.39 Å². The molecule has 0 bridgehead atoms. The Labute approximate surface area is 109 Å². The molecule has 1 aliphatic heterocycles. The molecule has 4 heteroatoms. The van der Waals surface area contributed by atoms with E-state index in [1.165, 1.54) is 19.0 Å². The molecule has 100 valence electrons. The smallest absolute Gasteiger partial charge is 0.146 e. The van der Waals surface area contributed by atoms with Crippen molar-refractivity contribution >= 4 is 5.69 Å². The average Bonchev–Trinajstić information content (AvgIpc) is 2.57. The van der Waals surface area contributed by atoms with E-state index in [0.29, 0.717) is 5.69 Å². The number of nitrogens with one attached hydrogen (secondary N) is 1. The van der Waals surface area contributed by atoms with Crippen LogP contribution >= 0.6 is 0 Å². The van der Waals surface area contributed by atoms with E-state index in [1.54, 1.807) is 12.1 Å². The lowest BCUT2D eigenvalue weighted by atomic mass is 10.3. The van der Waals surface area contributed by atoms with Crippen LogP contribution in [-0.4, -0.2) is 56.1 Å². The monoisotopic (exact) mass is 251 g/mol. The molecule has 1 saturated heterocycles. The molecular weight excluding hydrogens is 229 g/mol. The van der Waals surface area contributed by atoms with Crippen LogP contribution in [0.2, 0.25) is 0 Å². The Kier molecular flexibility index (Phi) is 4.96. The van der Waals surface area contributed by atoms with Crippen LogP contribution in [0.3, 0.4) is 0 Å². The van der Waals surface area contributed by atoms with Gasteiger partial charge in [-0.2, -0.15) is 0 Å². The number of hydrogen-bond donors (Lipinski definition) is 1. The molecule has 2 rings (SSSR count). The number of hydrogen-bond acceptors (Lipinski definition) is 3. The zero-order valence-electron chi connectivity index (χ0n) is 11.0. The Bertz CT molecular complexity index is 370. The SMILES string of the molecule is CN1CCCN(CCNc2ccccc2F)CC1. The fourth-order valence-electron chi connectivity index (χ4n) is 2.28. The summed E-state index contributed by atoms with van der Waals surface area (Å²) in [6.45, 7) is 6.32. The van der Waals surface area contributed by atoms with Gasteiger partial charge in [0.25, 0.3) is 0 Å². The number of likely N-dealkylation sites (N-methyl/N-ethyl adjacent to an activating group) is 1. The molecule has 0 unspecified atom stereocenters. The molecule has 3 nitrogen and oxygen atoms in total. The van der Waals surface area contributed by atoms with Crippen molar-refractivity contribution in [3.05, 3.63) is 30.1 Å². The first kappa shape index (κ1) is 13.3. The summed E-state index contributed by atoms with van der Waals surface area (Å²) in [7, 11) is 2.17. The van der Waals surface area contributed by atoms with Crippen LogP contribution in [-0.2, 0) is 0 Å². The van der Waals surface area contributed by atoms with Crippen molar-refractivity contribution in [2.75, 3.05) is 51.6 Å². The molecule has 1 heterocycles. The molecule has 1 N–H and O–H groups in total. The molecule has 1 aromatic carbocycles. The Morgan fingerprint density at radius 3 is 2.83 bits per heavy atom. The quantitative estimate of drug-likeness (QED) is 0.881. The van der Waals surface area contributed by atoms with Crippen molar-refractivity contribution in [1.82, 2.24) is 9.80 Å². The van der Waals surface area contributed by atoms with Gasteiger partial charge >= 0.3 is 0 Å². The average molecular weight is 251 g/mol. The van der Waals surface area contributed by atoms with E-state index in [2.05, 4.69) is 22.2 Å². The van der Waals surface area contributed by atoms with Crippen LogP contribution < -0.4 is 5.32 Å². The normalized spacial score (nSPS) is 18.6. The van der Waals surface area contributed by atoms with Gasteiger partial charge in [0.05, 0.1) is 5.69 Å². The minimum Gasteiger partial charge on any atom is -0.381 e. The third-order valence-electron chi connectivity index (χ3n) is 3.43. The first-order chi connectivity index (χ1) is 8.75. The highest BCUT2D eigenvalue weighted by atomic mass is 19.1. The summed E-state index contributed by atoms with van der Waals surface area (Å²) in [5.41, 5.74) is 0.601. The summed E-state index contributed by atoms with van der Waals surface area (Å²) in [5.74, 6) is -0.173. The van der Waals surface area contributed by atoms with E-state index >= 15 is 0 Å². The summed E-state index contributed by atoms with van der Waals surface area (Å²) in [5, 5.41) is 3.16. The van der Waals surface area contributed by atoms with Gasteiger partial charge in [-0.1, -0.05) is 12.1 Å². The van der Waals surface area contributed by atoms with Crippen molar-refractivity contribution < 1.29 is 4.39 Å². The second kappa shape index (κ2) is 6.71. The fraction of sp³-hybridized carbons (Fsp3) is 0.571. The molecule has 0 radical (unpaired) electrons. The van der Waals surface area contributed by atoms with Gasteiger partial charge in [-0.05, 0) is 38.7 Å². The Balaban J connectivity index is 1.73. The second-order valence-corrected chi connectivity index (χ2v) is 4.91. The lowest BCUT2D eigenvalue weighted by Gasteiger charge is -2.20. The van der Waals surface area contributed by atoms with Gasteiger partial charge < -0.3 is 15.1 Å². The molecular formula is C14H22FN3. The van der Waals surface area contributed by atoms with Gasteiger partial charge in [0.2, 0.25) is 0 Å². The van der Waals surface area contributed by atoms with Crippen molar-refractivity contribution in [1.29, 1.82) is 0 Å². The largest absolute Gasteiger partial charge is 0.381 e.